The Morgan fingerprint density at radius 2 is 1.28 bits per heavy atom. The third-order valence-corrected chi connectivity index (χ3v) is 13.9. The molecule has 75 heavy (non-hydrogen) atoms. The smallest absolute Gasteiger partial charge is 0.245 e. The normalized spacial score (nSPS) is 17.2. The number of carbonyl (C=O) groups excluding carboxylic acids is 6. The molecular formula is C54H93BrN6O14. The minimum Gasteiger partial charge on any atom is -0.379 e. The molecule has 1 heterocycles. The topological polar surface area (TPSA) is 231 Å². The van der Waals surface area contributed by atoms with Crippen LogP contribution < -0.4 is 21.3 Å². The van der Waals surface area contributed by atoms with Crippen LogP contribution in [0.2, 0.25) is 0 Å². The van der Waals surface area contributed by atoms with Crippen LogP contribution in [0, 0.1) is 23.7 Å². The van der Waals surface area contributed by atoms with Gasteiger partial charge in [0, 0.05) is 47.3 Å². The number of ether oxygens (including phenoxy) is 8. The zero-order chi connectivity index (χ0) is 55.6. The van der Waals surface area contributed by atoms with Crippen LogP contribution in [0.25, 0.3) is 0 Å². The van der Waals surface area contributed by atoms with Gasteiger partial charge < -0.3 is 69.0 Å². The number of nitrogens with one attached hydrogen (secondary N) is 4. The first-order chi connectivity index (χ1) is 35.9. The lowest BCUT2D eigenvalue weighted by atomic mass is 9.89. The second-order valence-electron chi connectivity index (χ2n) is 19.8. The van der Waals surface area contributed by atoms with Crippen LogP contribution in [0.15, 0.2) is 36.5 Å². The van der Waals surface area contributed by atoms with Gasteiger partial charge in [0.25, 0.3) is 0 Å². The van der Waals surface area contributed by atoms with Crippen molar-refractivity contribution < 1.29 is 66.7 Å². The van der Waals surface area contributed by atoms with Crippen LogP contribution in [0.5, 0.6) is 0 Å². The highest BCUT2D eigenvalue weighted by molar-refractivity contribution is 9.09. The van der Waals surface area contributed by atoms with Crippen molar-refractivity contribution in [1.82, 2.24) is 31.1 Å². The SMILES string of the molecule is CCC(C)C(C(CC(=O)N1CCC[C@H]1C(OC)C(C)C(=O)NCCC1C=CC=CC=C1)OC)N(C)C(=O)C(NC(=O)C(C)(C)NC(=O)CCOCCOCCOCCOCCOCCOCCNC(=O)CBr)C(C)C. The Labute approximate surface area is 455 Å². The largest absolute Gasteiger partial charge is 0.379 e. The first-order valence-electron chi connectivity index (χ1n) is 26.8. The van der Waals surface area contributed by atoms with E-state index < -0.39 is 47.6 Å². The van der Waals surface area contributed by atoms with E-state index in [-0.39, 0.29) is 78.8 Å². The summed E-state index contributed by atoms with van der Waals surface area (Å²) >= 11 is 3.08. The van der Waals surface area contributed by atoms with E-state index in [1.807, 2.05) is 58.9 Å². The summed E-state index contributed by atoms with van der Waals surface area (Å²) in [4.78, 5) is 83.5. The molecule has 0 radical (unpaired) electrons. The zero-order valence-electron chi connectivity index (χ0n) is 46.7. The predicted octanol–water partition coefficient (Wildman–Crippen LogP) is 3.75. The maximum atomic E-state index is 14.5. The number of nitrogens with zero attached hydrogens (tertiary/aromatic N) is 2. The molecule has 4 N–H and O–H groups in total. The molecule has 2 aliphatic rings. The number of hydrogen-bond acceptors (Lipinski definition) is 14. The van der Waals surface area contributed by atoms with E-state index in [2.05, 4.69) is 49.3 Å². The molecule has 0 aromatic rings. The van der Waals surface area contributed by atoms with E-state index in [0.717, 1.165) is 12.8 Å². The number of methoxy groups -OCH3 is 2. The lowest BCUT2D eigenvalue weighted by Crippen LogP contribution is -2.62. The summed E-state index contributed by atoms with van der Waals surface area (Å²) in [5.74, 6) is -2.32. The summed E-state index contributed by atoms with van der Waals surface area (Å²) in [6.07, 6.45) is 13.9. The Hall–Kier alpha value is -3.80. The van der Waals surface area contributed by atoms with Crippen LogP contribution in [0.4, 0.5) is 0 Å². The highest BCUT2D eigenvalue weighted by Gasteiger charge is 2.43. The molecule has 6 amide bonds. The fourth-order valence-corrected chi connectivity index (χ4v) is 9.02. The molecule has 7 atom stereocenters. The molecule has 0 aromatic carbocycles. The van der Waals surface area contributed by atoms with Crippen molar-refractivity contribution in [3.8, 4) is 0 Å². The van der Waals surface area contributed by atoms with Gasteiger partial charge in [-0.1, -0.05) is 93.4 Å². The molecule has 0 bridgehead atoms. The molecule has 21 heteroatoms. The maximum absolute atomic E-state index is 14.5. The van der Waals surface area contributed by atoms with Gasteiger partial charge in [0.05, 0.1) is 121 Å². The van der Waals surface area contributed by atoms with Crippen LogP contribution in [0.1, 0.15) is 87.0 Å². The number of amides is 6. The van der Waals surface area contributed by atoms with Crippen molar-refractivity contribution in [2.45, 2.75) is 123 Å². The number of rotatable bonds is 41. The van der Waals surface area contributed by atoms with Gasteiger partial charge in [-0.05, 0) is 50.9 Å². The average molecular weight is 1130 g/mol. The minimum atomic E-state index is -1.36. The molecule has 0 saturated carbocycles. The van der Waals surface area contributed by atoms with Gasteiger partial charge in [-0.25, -0.2) is 0 Å². The second-order valence-corrected chi connectivity index (χ2v) is 20.3. The fourth-order valence-electron chi connectivity index (χ4n) is 8.83. The number of halogens is 1. The summed E-state index contributed by atoms with van der Waals surface area (Å²) in [7, 11) is 4.80. The highest BCUT2D eigenvalue weighted by Crippen LogP contribution is 2.30. The van der Waals surface area contributed by atoms with Crippen LogP contribution in [-0.2, 0) is 66.7 Å². The van der Waals surface area contributed by atoms with Gasteiger partial charge in [-0.15, -0.1) is 0 Å². The lowest BCUT2D eigenvalue weighted by molar-refractivity contribution is -0.148. The first kappa shape index (κ1) is 67.3. The van der Waals surface area contributed by atoms with Gasteiger partial charge in [0.15, 0.2) is 0 Å². The van der Waals surface area contributed by atoms with Crippen molar-refractivity contribution in [2.24, 2.45) is 23.7 Å². The predicted molar refractivity (Wildman–Crippen MR) is 290 cm³/mol. The number of allylic oxidation sites excluding steroid dienone is 6. The highest BCUT2D eigenvalue weighted by atomic mass is 79.9. The molecule has 1 aliphatic carbocycles. The number of likely N-dealkylation sites (tertiary alicyclic amines) is 1. The number of carbonyl (C=O) groups is 6. The third kappa shape index (κ3) is 25.9. The van der Waals surface area contributed by atoms with Gasteiger partial charge >= 0.3 is 0 Å². The van der Waals surface area contributed by atoms with Crippen molar-refractivity contribution >= 4 is 51.4 Å². The molecule has 430 valence electrons. The number of alkyl halides is 1. The Morgan fingerprint density at radius 3 is 1.79 bits per heavy atom. The van der Waals surface area contributed by atoms with Gasteiger partial charge in [-0.3, -0.25) is 28.8 Å². The molecule has 1 saturated heterocycles. The molecule has 0 aromatic heterocycles. The Kier molecular flexibility index (Phi) is 34.7. The van der Waals surface area contributed by atoms with E-state index >= 15 is 0 Å². The van der Waals surface area contributed by atoms with Crippen molar-refractivity contribution in [3.63, 3.8) is 0 Å². The quantitative estimate of drug-likeness (QED) is 0.0505. The monoisotopic (exact) mass is 1130 g/mol. The van der Waals surface area contributed by atoms with E-state index in [1.165, 1.54) is 0 Å². The summed E-state index contributed by atoms with van der Waals surface area (Å²) < 4.78 is 44.9. The van der Waals surface area contributed by atoms with Crippen LogP contribution in [-0.4, -0.2) is 207 Å². The lowest BCUT2D eigenvalue weighted by Gasteiger charge is -2.41. The molecule has 2 rings (SSSR count). The number of hydrogen-bond donors (Lipinski definition) is 4. The molecule has 0 spiro atoms. The van der Waals surface area contributed by atoms with Gasteiger partial charge in [0.2, 0.25) is 35.4 Å². The van der Waals surface area contributed by atoms with Gasteiger partial charge in [0.1, 0.15) is 11.6 Å². The molecule has 1 fully saturated rings. The van der Waals surface area contributed by atoms with Crippen molar-refractivity contribution in [2.75, 3.05) is 126 Å². The molecular weight excluding hydrogens is 1040 g/mol. The standard InChI is InChI=1S/C54H93BrN6O14/c1-11-40(4)49(44(68-9)37-47(64)61-24-16-19-43(61)50(69-10)41(5)51(65)57-22-20-42-17-14-12-13-15-18-42)60(8)52(66)48(39(2)3)58-53(67)54(6,7)59-45(62)21-25-70-27-29-72-31-33-74-35-36-75-34-32-73-30-28-71-26-23-56-46(63)38-55/h12-15,17-18,39-44,48-50H,11,16,19-38H2,1-10H3,(H,56,63)(H,57,65)(H,58,67)(H,59,62)/t40?,41?,43-,44?,48?,49?,50?/m0/s1. The zero-order valence-corrected chi connectivity index (χ0v) is 48.3. The average Bonchev–Trinajstić information content (AvgIpc) is 3.72. The van der Waals surface area contributed by atoms with E-state index in [0.29, 0.717) is 98.5 Å². The first-order valence-corrected chi connectivity index (χ1v) is 27.9. The molecule has 6 unspecified atom stereocenters. The van der Waals surface area contributed by atoms with E-state index in [4.69, 9.17) is 37.9 Å². The Balaban J connectivity index is 1.80. The summed E-state index contributed by atoms with van der Waals surface area (Å²) in [6.45, 7) is 18.6. The van der Waals surface area contributed by atoms with Crippen molar-refractivity contribution in [3.05, 3.63) is 36.5 Å². The van der Waals surface area contributed by atoms with Gasteiger partial charge in [-0.2, -0.15) is 0 Å². The summed E-state index contributed by atoms with van der Waals surface area (Å²) in [5, 5.41) is 11.7. The number of likely N-dealkylation sites (N-methyl/N-ethyl adjacent to an activating group) is 1. The fraction of sp³-hybridized carbons (Fsp3) is 0.778. The third-order valence-electron chi connectivity index (χ3n) is 13.3. The summed E-state index contributed by atoms with van der Waals surface area (Å²) in [5.41, 5.74) is -1.36. The Morgan fingerprint density at radius 1 is 0.733 bits per heavy atom. The molecule has 1 aliphatic heterocycles. The van der Waals surface area contributed by atoms with Crippen LogP contribution in [0.3, 0.4) is 0 Å². The molecule has 20 nitrogen and oxygen atoms in total. The van der Waals surface area contributed by atoms with Crippen molar-refractivity contribution in [1.29, 1.82) is 0 Å². The second kappa shape index (κ2) is 38.7. The van der Waals surface area contributed by atoms with E-state index in [1.54, 1.807) is 44.9 Å². The van der Waals surface area contributed by atoms with E-state index in [9.17, 15) is 28.8 Å². The Bertz CT molecular complexity index is 1750. The maximum Gasteiger partial charge on any atom is 0.245 e. The minimum absolute atomic E-state index is 0.00473. The van der Waals surface area contributed by atoms with Crippen LogP contribution >= 0.6 is 15.9 Å². The summed E-state index contributed by atoms with van der Waals surface area (Å²) in [6, 6.07) is -1.79.